The Morgan fingerprint density at radius 3 is 2.05 bits per heavy atom. The van der Waals surface area contributed by atoms with Crippen molar-refractivity contribution >= 4 is 32.8 Å². The van der Waals surface area contributed by atoms with Gasteiger partial charge in [0.25, 0.3) is 10.1 Å². The highest BCUT2D eigenvalue weighted by Gasteiger charge is 2.23. The van der Waals surface area contributed by atoms with Crippen LogP contribution >= 0.6 is 0 Å². The molecule has 9 heteroatoms. The Kier molecular flexibility index (Phi) is 3.32. The zero-order valence-electron chi connectivity index (χ0n) is 10.1. The number of carboxylic acid groups (broad SMARTS) is 2. The van der Waals surface area contributed by atoms with Crippen LogP contribution in [0.4, 0.5) is 0 Å². The van der Waals surface area contributed by atoms with Crippen LogP contribution in [0.3, 0.4) is 0 Å². The molecule has 0 amide bonds. The first-order valence-corrected chi connectivity index (χ1v) is 6.80. The average Bonchev–Trinajstić information content (AvgIpc) is 2.36. The van der Waals surface area contributed by atoms with Crippen LogP contribution in [0.15, 0.2) is 29.2 Å². The van der Waals surface area contributed by atoms with Crippen molar-refractivity contribution in [3.8, 4) is 5.75 Å². The molecule has 0 aromatic heterocycles. The molecule has 0 aliphatic carbocycles. The highest BCUT2D eigenvalue weighted by atomic mass is 32.2. The van der Waals surface area contributed by atoms with Crippen molar-refractivity contribution in [2.45, 2.75) is 4.90 Å². The van der Waals surface area contributed by atoms with E-state index in [1.54, 1.807) is 0 Å². The first-order valence-electron chi connectivity index (χ1n) is 5.36. The molecule has 4 N–H and O–H groups in total. The van der Waals surface area contributed by atoms with E-state index in [2.05, 4.69) is 0 Å². The van der Waals surface area contributed by atoms with Crippen LogP contribution in [-0.2, 0) is 10.1 Å². The van der Waals surface area contributed by atoms with E-state index < -0.39 is 38.3 Å². The van der Waals surface area contributed by atoms with Gasteiger partial charge in [-0.15, -0.1) is 0 Å². The number of benzene rings is 2. The Hall–Kier alpha value is -2.65. The molecule has 2 aromatic carbocycles. The van der Waals surface area contributed by atoms with Gasteiger partial charge in [0.15, 0.2) is 0 Å². The van der Waals surface area contributed by atoms with Gasteiger partial charge >= 0.3 is 11.9 Å². The molecule has 0 aliphatic rings. The quantitative estimate of drug-likeness (QED) is 0.617. The van der Waals surface area contributed by atoms with Crippen LogP contribution in [-0.4, -0.2) is 40.2 Å². The van der Waals surface area contributed by atoms with Gasteiger partial charge in [-0.1, -0.05) is 6.07 Å². The second kappa shape index (κ2) is 4.72. The molecule has 110 valence electrons. The lowest BCUT2D eigenvalue weighted by Gasteiger charge is -2.09. The molecule has 0 aliphatic heterocycles. The van der Waals surface area contributed by atoms with Crippen LogP contribution in [0.5, 0.6) is 5.75 Å². The van der Waals surface area contributed by atoms with E-state index in [0.29, 0.717) is 6.07 Å². The molecular formula is C12H8O8S. The number of carboxylic acids is 2. The standard InChI is InChI=1S/C12H8O8S/c13-10-7-3-5(11(14)15)1-2-6(7)9(21(18,19)20)4-8(10)12(16)17/h1-4,13H,(H,14,15)(H,16,17)(H,18,19,20). The van der Waals surface area contributed by atoms with Crippen molar-refractivity contribution in [2.24, 2.45) is 0 Å². The van der Waals surface area contributed by atoms with Gasteiger partial charge in [-0.05, 0) is 18.2 Å². The minimum absolute atomic E-state index is 0.190. The number of rotatable bonds is 3. The second-order valence-corrected chi connectivity index (χ2v) is 5.51. The molecule has 0 unspecified atom stereocenters. The molecule has 0 heterocycles. The lowest BCUT2D eigenvalue weighted by Crippen LogP contribution is -2.05. The van der Waals surface area contributed by atoms with Crippen molar-refractivity contribution in [1.29, 1.82) is 0 Å². The maximum absolute atomic E-state index is 11.3. The first kappa shape index (κ1) is 14.8. The molecule has 0 atom stereocenters. The fourth-order valence-corrected chi connectivity index (χ4v) is 2.61. The number of hydrogen-bond donors (Lipinski definition) is 4. The van der Waals surface area contributed by atoms with Crippen LogP contribution in [0, 0.1) is 0 Å². The minimum Gasteiger partial charge on any atom is -0.506 e. The Bertz CT molecular complexity index is 882. The predicted octanol–water partition coefficient (Wildman–Crippen LogP) is 1.19. The number of phenols is 1. The van der Waals surface area contributed by atoms with E-state index in [9.17, 15) is 23.1 Å². The zero-order chi connectivity index (χ0) is 15.9. The normalized spacial score (nSPS) is 11.5. The van der Waals surface area contributed by atoms with Gasteiger partial charge < -0.3 is 15.3 Å². The highest BCUT2D eigenvalue weighted by molar-refractivity contribution is 7.86. The zero-order valence-corrected chi connectivity index (χ0v) is 11.0. The van der Waals surface area contributed by atoms with Gasteiger partial charge in [0, 0.05) is 10.8 Å². The fourth-order valence-electron chi connectivity index (χ4n) is 1.89. The van der Waals surface area contributed by atoms with E-state index >= 15 is 0 Å². The third-order valence-corrected chi connectivity index (χ3v) is 3.72. The number of aromatic carboxylic acids is 2. The van der Waals surface area contributed by atoms with Gasteiger partial charge in [-0.3, -0.25) is 4.55 Å². The Morgan fingerprint density at radius 1 is 0.952 bits per heavy atom. The van der Waals surface area contributed by atoms with Crippen LogP contribution in [0.25, 0.3) is 10.8 Å². The third kappa shape index (κ3) is 2.51. The summed E-state index contributed by atoms with van der Waals surface area (Å²) in [5.74, 6) is -3.75. The van der Waals surface area contributed by atoms with Crippen LogP contribution in [0.2, 0.25) is 0 Å². The van der Waals surface area contributed by atoms with Crippen molar-refractivity contribution in [3.05, 3.63) is 35.4 Å². The lowest BCUT2D eigenvalue weighted by atomic mass is 10.0. The summed E-state index contributed by atoms with van der Waals surface area (Å²) in [6.45, 7) is 0. The maximum Gasteiger partial charge on any atom is 0.339 e. The Balaban J connectivity index is 3.02. The topological polar surface area (TPSA) is 149 Å². The molecule has 0 saturated carbocycles. The largest absolute Gasteiger partial charge is 0.506 e. The van der Waals surface area contributed by atoms with Gasteiger partial charge in [0.2, 0.25) is 0 Å². The van der Waals surface area contributed by atoms with Gasteiger partial charge in [0.05, 0.1) is 5.56 Å². The molecule has 2 rings (SSSR count). The highest BCUT2D eigenvalue weighted by Crippen LogP contribution is 2.34. The summed E-state index contributed by atoms with van der Waals surface area (Å²) in [5, 5.41) is 27.2. The van der Waals surface area contributed by atoms with E-state index in [1.807, 2.05) is 0 Å². The molecule has 21 heavy (non-hydrogen) atoms. The molecule has 2 aromatic rings. The number of hydrogen-bond acceptors (Lipinski definition) is 5. The smallest absolute Gasteiger partial charge is 0.339 e. The van der Waals surface area contributed by atoms with Crippen LogP contribution in [0.1, 0.15) is 20.7 Å². The first-order chi connectivity index (χ1) is 9.62. The number of fused-ring (bicyclic) bond motifs is 1. The molecule has 0 radical (unpaired) electrons. The van der Waals surface area contributed by atoms with Crippen molar-refractivity contribution in [2.75, 3.05) is 0 Å². The molecular weight excluding hydrogens is 304 g/mol. The summed E-state index contributed by atoms with van der Waals surface area (Å²) in [6.07, 6.45) is 0. The van der Waals surface area contributed by atoms with E-state index in [4.69, 9.17) is 14.8 Å². The van der Waals surface area contributed by atoms with Crippen molar-refractivity contribution in [3.63, 3.8) is 0 Å². The number of aromatic hydroxyl groups is 1. The van der Waals surface area contributed by atoms with E-state index in [1.165, 1.54) is 0 Å². The minimum atomic E-state index is -4.76. The lowest BCUT2D eigenvalue weighted by molar-refractivity contribution is 0.0685. The van der Waals surface area contributed by atoms with Gasteiger partial charge in [-0.2, -0.15) is 8.42 Å². The van der Waals surface area contributed by atoms with Crippen molar-refractivity contribution in [1.82, 2.24) is 0 Å². The Labute approximate surface area is 117 Å². The summed E-state index contributed by atoms with van der Waals surface area (Å²) in [6, 6.07) is 3.66. The molecule has 8 nitrogen and oxygen atoms in total. The van der Waals surface area contributed by atoms with Crippen molar-refractivity contribution < 1.29 is 37.9 Å². The molecule has 0 saturated heterocycles. The number of carbonyl (C=O) groups is 2. The average molecular weight is 312 g/mol. The third-order valence-electron chi connectivity index (χ3n) is 2.83. The summed E-state index contributed by atoms with van der Waals surface area (Å²) < 4.78 is 31.8. The van der Waals surface area contributed by atoms with Crippen LogP contribution < -0.4 is 0 Å². The van der Waals surface area contributed by atoms with E-state index in [0.717, 1.165) is 18.2 Å². The molecule has 0 fully saturated rings. The summed E-state index contributed by atoms with van der Waals surface area (Å²) >= 11 is 0. The maximum atomic E-state index is 11.3. The molecule has 0 spiro atoms. The SMILES string of the molecule is O=C(O)c1ccc2c(S(=O)(=O)O)cc(C(=O)O)c(O)c2c1. The predicted molar refractivity (Wildman–Crippen MR) is 69.3 cm³/mol. The van der Waals surface area contributed by atoms with Gasteiger partial charge in [0.1, 0.15) is 16.2 Å². The van der Waals surface area contributed by atoms with Gasteiger partial charge in [-0.25, -0.2) is 9.59 Å². The summed E-state index contributed by atoms with van der Waals surface area (Å²) in [7, 11) is -4.76. The summed E-state index contributed by atoms with van der Waals surface area (Å²) in [5.41, 5.74) is -1.04. The summed E-state index contributed by atoms with van der Waals surface area (Å²) in [4.78, 5) is 21.2. The molecule has 0 bridgehead atoms. The Morgan fingerprint density at radius 2 is 1.57 bits per heavy atom. The fraction of sp³-hybridized carbons (Fsp3) is 0. The van der Waals surface area contributed by atoms with E-state index in [-0.39, 0.29) is 16.3 Å². The second-order valence-electron chi connectivity index (χ2n) is 4.12. The monoisotopic (exact) mass is 312 g/mol.